The Labute approximate surface area is 117 Å². The molecule has 2 aromatic rings. The molecular formula is C15H18FN2O2+. The van der Waals surface area contributed by atoms with Gasteiger partial charge in [0.2, 0.25) is 0 Å². The van der Waals surface area contributed by atoms with Crippen molar-refractivity contribution in [3.8, 4) is 0 Å². The van der Waals surface area contributed by atoms with Crippen LogP contribution < -0.4 is 10.2 Å². The van der Waals surface area contributed by atoms with Crippen LogP contribution in [0.4, 0.5) is 10.1 Å². The van der Waals surface area contributed by atoms with Crippen molar-refractivity contribution < 1.29 is 18.5 Å². The average Bonchev–Trinajstić information content (AvgIpc) is 2.85. The lowest BCUT2D eigenvalue weighted by atomic mass is 10.2. The molecule has 0 radical (unpaired) electrons. The fourth-order valence-corrected chi connectivity index (χ4v) is 1.96. The van der Waals surface area contributed by atoms with Gasteiger partial charge in [0.15, 0.2) is 12.3 Å². The molecule has 106 valence electrons. The highest BCUT2D eigenvalue weighted by atomic mass is 19.1. The fraction of sp³-hybridized carbons (Fsp3) is 0.267. The predicted octanol–water partition coefficient (Wildman–Crippen LogP) is 1.38. The topological polar surface area (TPSA) is 46.7 Å². The molecule has 0 aliphatic heterocycles. The minimum atomic E-state index is -0.415. The van der Waals surface area contributed by atoms with Gasteiger partial charge in [-0.1, -0.05) is 6.07 Å². The molecular weight excluding hydrogens is 259 g/mol. The molecule has 20 heavy (non-hydrogen) atoms. The van der Waals surface area contributed by atoms with Crippen LogP contribution in [-0.2, 0) is 11.3 Å². The summed E-state index contributed by atoms with van der Waals surface area (Å²) in [6.07, 6.45) is 1.60. The second kappa shape index (κ2) is 6.34. The summed E-state index contributed by atoms with van der Waals surface area (Å²) in [7, 11) is 1.88. The van der Waals surface area contributed by atoms with Crippen LogP contribution in [0.3, 0.4) is 0 Å². The molecule has 1 aromatic carbocycles. The normalized spacial score (nSPS) is 12.2. The van der Waals surface area contributed by atoms with E-state index < -0.39 is 5.82 Å². The van der Waals surface area contributed by atoms with Crippen LogP contribution in [0.5, 0.6) is 0 Å². The van der Waals surface area contributed by atoms with Gasteiger partial charge >= 0.3 is 0 Å². The maximum Gasteiger partial charge on any atom is 0.279 e. The summed E-state index contributed by atoms with van der Waals surface area (Å²) in [4.78, 5) is 12.8. The number of rotatable bonds is 5. The average molecular weight is 277 g/mol. The molecule has 1 aromatic heterocycles. The van der Waals surface area contributed by atoms with Crippen molar-refractivity contribution in [2.75, 3.05) is 18.9 Å². The lowest BCUT2D eigenvalue weighted by Gasteiger charge is -2.13. The summed E-state index contributed by atoms with van der Waals surface area (Å²) >= 11 is 0. The number of hydrogen-bond donors (Lipinski definition) is 2. The van der Waals surface area contributed by atoms with Crippen molar-refractivity contribution in [3.05, 3.63) is 53.7 Å². The lowest BCUT2D eigenvalue weighted by Crippen LogP contribution is -3.08. The number of aryl methyl sites for hydroxylation is 1. The summed E-state index contributed by atoms with van der Waals surface area (Å²) in [5.41, 5.74) is 1.03. The third kappa shape index (κ3) is 3.93. The Morgan fingerprint density at radius 1 is 1.40 bits per heavy atom. The van der Waals surface area contributed by atoms with E-state index in [2.05, 4.69) is 5.32 Å². The number of halogens is 1. The van der Waals surface area contributed by atoms with Crippen molar-refractivity contribution in [1.82, 2.24) is 0 Å². The summed E-state index contributed by atoms with van der Waals surface area (Å²) in [5, 5.41) is 2.58. The van der Waals surface area contributed by atoms with Crippen LogP contribution in [0.1, 0.15) is 11.3 Å². The van der Waals surface area contributed by atoms with E-state index >= 15 is 0 Å². The Balaban J connectivity index is 1.88. The number of amides is 1. The van der Waals surface area contributed by atoms with Crippen LogP contribution in [0.2, 0.25) is 0 Å². The van der Waals surface area contributed by atoms with Crippen LogP contribution in [0.15, 0.2) is 41.0 Å². The van der Waals surface area contributed by atoms with E-state index in [4.69, 9.17) is 4.42 Å². The summed E-state index contributed by atoms with van der Waals surface area (Å²) in [5.74, 6) is 0.177. The molecule has 0 saturated heterocycles. The first kappa shape index (κ1) is 14.3. The largest absolute Gasteiger partial charge is 0.463 e. The first-order chi connectivity index (χ1) is 9.54. The summed E-state index contributed by atoms with van der Waals surface area (Å²) in [6, 6.07) is 8.41. The van der Waals surface area contributed by atoms with Crippen molar-refractivity contribution in [3.63, 3.8) is 0 Å². The van der Waals surface area contributed by atoms with E-state index in [1.165, 1.54) is 6.07 Å². The van der Waals surface area contributed by atoms with Gasteiger partial charge in [-0.25, -0.2) is 4.39 Å². The standard InChI is InChI=1S/C15H17FN2O2/c1-11-5-6-14(13(16)8-11)17-15(19)10-18(2)9-12-4-3-7-20-12/h3-8H,9-10H2,1-2H3,(H,17,19)/p+1. The Morgan fingerprint density at radius 2 is 2.20 bits per heavy atom. The van der Waals surface area contributed by atoms with Gasteiger partial charge in [0.1, 0.15) is 12.4 Å². The van der Waals surface area contributed by atoms with Gasteiger partial charge < -0.3 is 14.6 Å². The van der Waals surface area contributed by atoms with Crippen molar-refractivity contribution in [1.29, 1.82) is 0 Å². The molecule has 0 bridgehead atoms. The van der Waals surface area contributed by atoms with E-state index in [1.807, 2.05) is 19.2 Å². The number of benzene rings is 1. The highest BCUT2D eigenvalue weighted by Gasteiger charge is 2.13. The molecule has 5 heteroatoms. The second-order valence-corrected chi connectivity index (χ2v) is 4.92. The number of carbonyl (C=O) groups is 1. The highest BCUT2D eigenvalue weighted by molar-refractivity contribution is 5.91. The molecule has 1 atom stereocenters. The van der Waals surface area contributed by atoms with Gasteiger partial charge in [0.05, 0.1) is 19.0 Å². The maximum atomic E-state index is 13.6. The van der Waals surface area contributed by atoms with Crippen LogP contribution in [0, 0.1) is 12.7 Å². The van der Waals surface area contributed by atoms with Crippen molar-refractivity contribution >= 4 is 11.6 Å². The molecule has 0 aliphatic rings. The number of carbonyl (C=O) groups excluding carboxylic acids is 1. The number of quaternary nitrogens is 1. The third-order valence-electron chi connectivity index (χ3n) is 2.92. The quantitative estimate of drug-likeness (QED) is 0.867. The van der Waals surface area contributed by atoms with Gasteiger partial charge in [0.25, 0.3) is 5.91 Å². The fourth-order valence-electron chi connectivity index (χ4n) is 1.96. The Kier molecular flexibility index (Phi) is 4.53. The number of hydrogen-bond acceptors (Lipinski definition) is 2. The second-order valence-electron chi connectivity index (χ2n) is 4.92. The zero-order valence-electron chi connectivity index (χ0n) is 11.6. The highest BCUT2D eigenvalue weighted by Crippen LogP contribution is 2.14. The van der Waals surface area contributed by atoms with E-state index in [9.17, 15) is 9.18 Å². The van der Waals surface area contributed by atoms with Crippen molar-refractivity contribution in [2.24, 2.45) is 0 Å². The maximum absolute atomic E-state index is 13.6. The zero-order valence-corrected chi connectivity index (χ0v) is 11.6. The van der Waals surface area contributed by atoms with E-state index in [0.717, 1.165) is 16.2 Å². The molecule has 0 saturated carbocycles. The molecule has 1 unspecified atom stereocenters. The minimum absolute atomic E-state index is 0.214. The number of likely N-dealkylation sites (N-methyl/N-ethyl adjacent to an activating group) is 1. The van der Waals surface area contributed by atoms with Gasteiger partial charge in [-0.3, -0.25) is 4.79 Å². The Bertz CT molecular complexity index is 582. The smallest absolute Gasteiger partial charge is 0.279 e. The molecule has 0 aliphatic carbocycles. The summed E-state index contributed by atoms with van der Waals surface area (Å²) in [6.45, 7) is 2.65. The predicted molar refractivity (Wildman–Crippen MR) is 73.9 cm³/mol. The van der Waals surface area contributed by atoms with E-state index in [-0.39, 0.29) is 18.1 Å². The zero-order chi connectivity index (χ0) is 14.5. The number of furan rings is 1. The van der Waals surface area contributed by atoms with E-state index in [0.29, 0.717) is 6.54 Å². The molecule has 0 spiro atoms. The molecule has 1 heterocycles. The first-order valence-corrected chi connectivity index (χ1v) is 6.44. The third-order valence-corrected chi connectivity index (χ3v) is 2.92. The van der Waals surface area contributed by atoms with Gasteiger partial charge in [-0.05, 0) is 36.8 Å². The van der Waals surface area contributed by atoms with Crippen molar-refractivity contribution in [2.45, 2.75) is 13.5 Å². The van der Waals surface area contributed by atoms with Crippen LogP contribution in [0.25, 0.3) is 0 Å². The van der Waals surface area contributed by atoms with Crippen LogP contribution in [-0.4, -0.2) is 19.5 Å². The lowest BCUT2D eigenvalue weighted by molar-refractivity contribution is -0.886. The van der Waals surface area contributed by atoms with Crippen LogP contribution >= 0.6 is 0 Å². The molecule has 2 rings (SSSR count). The van der Waals surface area contributed by atoms with Gasteiger partial charge in [-0.2, -0.15) is 0 Å². The monoisotopic (exact) mass is 277 g/mol. The molecule has 2 N–H and O–H groups in total. The Morgan fingerprint density at radius 3 is 2.85 bits per heavy atom. The van der Waals surface area contributed by atoms with E-state index in [1.54, 1.807) is 25.3 Å². The SMILES string of the molecule is Cc1ccc(NC(=O)C[NH+](C)Cc2ccco2)c(F)c1. The molecule has 1 amide bonds. The Hall–Kier alpha value is -2.14. The summed E-state index contributed by atoms with van der Waals surface area (Å²) < 4.78 is 18.8. The minimum Gasteiger partial charge on any atom is -0.463 e. The molecule has 0 fully saturated rings. The van der Waals surface area contributed by atoms with Gasteiger partial charge in [-0.15, -0.1) is 0 Å². The number of anilines is 1. The van der Waals surface area contributed by atoms with Gasteiger partial charge in [0, 0.05) is 0 Å². The molecule has 4 nitrogen and oxygen atoms in total. The number of nitrogens with one attached hydrogen (secondary N) is 2. The first-order valence-electron chi connectivity index (χ1n) is 6.44.